The lowest BCUT2D eigenvalue weighted by Crippen LogP contribution is -2.29. The summed E-state index contributed by atoms with van der Waals surface area (Å²) >= 11 is 0. The largest absolute Gasteiger partial charge is 0.510 e. The Morgan fingerprint density at radius 1 is 1.06 bits per heavy atom. The molecule has 7 heteroatoms. The van der Waals surface area contributed by atoms with E-state index in [1.54, 1.807) is 0 Å². The maximum Gasteiger partial charge on any atom is 0.161 e. The maximum atomic E-state index is 10.7. The third-order valence-corrected chi connectivity index (χ3v) is 5.72. The third kappa shape index (κ3) is 4.02. The van der Waals surface area contributed by atoms with Gasteiger partial charge in [-0.1, -0.05) is 12.1 Å². The Bertz CT molecular complexity index is 1200. The molecule has 4 rings (SSSR count). The van der Waals surface area contributed by atoms with Crippen LogP contribution < -0.4 is 9.47 Å². The van der Waals surface area contributed by atoms with Crippen molar-refractivity contribution in [3.8, 4) is 11.5 Å². The lowest BCUT2D eigenvalue weighted by molar-refractivity contribution is 0.287. The van der Waals surface area contributed by atoms with Gasteiger partial charge in [-0.2, -0.15) is 0 Å². The molecule has 32 heavy (non-hydrogen) atoms. The van der Waals surface area contributed by atoms with Crippen molar-refractivity contribution in [3.05, 3.63) is 59.1 Å². The van der Waals surface area contributed by atoms with E-state index in [1.165, 1.54) is 0 Å². The summed E-state index contributed by atoms with van der Waals surface area (Å²) in [7, 11) is 1.92. The number of aromatic nitrogens is 2. The summed E-state index contributed by atoms with van der Waals surface area (Å²) < 4.78 is 13.3. The number of benzene rings is 2. The van der Waals surface area contributed by atoms with Crippen molar-refractivity contribution in [2.45, 2.75) is 27.2 Å². The number of imidazole rings is 1. The fourth-order valence-electron chi connectivity index (χ4n) is 4.11. The van der Waals surface area contributed by atoms with Crippen LogP contribution in [-0.4, -0.2) is 51.7 Å². The van der Waals surface area contributed by atoms with Gasteiger partial charge in [0.15, 0.2) is 11.5 Å². The van der Waals surface area contributed by atoms with E-state index in [9.17, 15) is 5.11 Å². The molecule has 0 fully saturated rings. The summed E-state index contributed by atoms with van der Waals surface area (Å²) in [6.45, 7) is 8.00. The molecule has 0 atom stereocenters. The van der Waals surface area contributed by atoms with Gasteiger partial charge in [0.2, 0.25) is 0 Å². The van der Waals surface area contributed by atoms with Crippen LogP contribution in [0.15, 0.2) is 42.2 Å². The van der Waals surface area contributed by atoms with Crippen LogP contribution in [0.1, 0.15) is 30.8 Å². The lowest BCUT2D eigenvalue weighted by Gasteiger charge is -2.19. The predicted molar refractivity (Wildman–Crippen MR) is 127 cm³/mol. The quantitative estimate of drug-likeness (QED) is 0.546. The highest BCUT2D eigenvalue weighted by atomic mass is 16.5. The SMILES string of the molecule is CCOc1ccc(CCN2CC(O)=C(c3nc4cc(C)ccc4n3C)C2=N)cc1OCC. The molecule has 2 N–H and O–H groups in total. The number of amidine groups is 1. The monoisotopic (exact) mass is 434 g/mol. The highest BCUT2D eigenvalue weighted by Crippen LogP contribution is 2.31. The molecule has 0 radical (unpaired) electrons. The fourth-order valence-corrected chi connectivity index (χ4v) is 4.11. The van der Waals surface area contributed by atoms with E-state index in [1.807, 2.05) is 73.7 Å². The van der Waals surface area contributed by atoms with Gasteiger partial charge in [-0.05, 0) is 62.6 Å². The minimum absolute atomic E-state index is 0.187. The Labute approximate surface area is 188 Å². The molecule has 7 nitrogen and oxygen atoms in total. The molecule has 0 spiro atoms. The van der Waals surface area contributed by atoms with Crippen LogP contribution in [0.25, 0.3) is 16.6 Å². The van der Waals surface area contributed by atoms with Crippen LogP contribution in [0, 0.1) is 12.3 Å². The van der Waals surface area contributed by atoms with E-state index in [-0.39, 0.29) is 5.76 Å². The molecule has 0 aliphatic carbocycles. The number of nitrogens with one attached hydrogen (secondary N) is 1. The topological polar surface area (TPSA) is 83.6 Å². The van der Waals surface area contributed by atoms with Crippen molar-refractivity contribution >= 4 is 22.4 Å². The molecule has 2 heterocycles. The van der Waals surface area contributed by atoms with Crippen LogP contribution in [0.3, 0.4) is 0 Å². The standard InChI is InChI=1S/C25H30N4O3/c1-5-31-21-10-8-17(14-22(21)32-6-2)11-12-29-15-20(30)23(24(29)26)25-27-18-13-16(3)7-9-19(18)28(25)4/h7-10,13-14,26,30H,5-6,11-12,15H2,1-4H3. The van der Waals surface area contributed by atoms with Crippen LogP contribution >= 0.6 is 0 Å². The van der Waals surface area contributed by atoms with Gasteiger partial charge in [-0.25, -0.2) is 4.98 Å². The van der Waals surface area contributed by atoms with Gasteiger partial charge in [-0.15, -0.1) is 0 Å². The molecule has 0 amide bonds. The van der Waals surface area contributed by atoms with Crippen molar-refractivity contribution in [1.82, 2.24) is 14.5 Å². The number of rotatable bonds is 8. The molecule has 0 bridgehead atoms. The molecule has 1 aromatic heterocycles. The molecule has 168 valence electrons. The molecular weight excluding hydrogens is 404 g/mol. The average molecular weight is 435 g/mol. The van der Waals surface area contributed by atoms with Crippen LogP contribution in [0.2, 0.25) is 0 Å². The summed E-state index contributed by atoms with van der Waals surface area (Å²) in [6, 6.07) is 12.0. The van der Waals surface area contributed by atoms with E-state index < -0.39 is 0 Å². The Kier molecular flexibility index (Phi) is 6.08. The first kappa shape index (κ1) is 21.7. The number of ether oxygens (including phenoxy) is 2. The molecular formula is C25H30N4O3. The van der Waals surface area contributed by atoms with Crippen molar-refractivity contribution < 1.29 is 14.6 Å². The number of aryl methyl sites for hydroxylation is 2. The summed E-state index contributed by atoms with van der Waals surface area (Å²) in [5, 5.41) is 19.4. The second-order valence-corrected chi connectivity index (χ2v) is 7.98. The first-order valence-electron chi connectivity index (χ1n) is 11.0. The summed E-state index contributed by atoms with van der Waals surface area (Å²) in [4.78, 5) is 6.60. The molecule has 0 unspecified atom stereocenters. The normalized spacial score (nSPS) is 14.0. The number of aliphatic hydroxyl groups excluding tert-OH is 1. The summed E-state index contributed by atoms with van der Waals surface area (Å²) in [6.07, 6.45) is 0.719. The fraction of sp³-hybridized carbons (Fsp3) is 0.360. The zero-order valence-electron chi connectivity index (χ0n) is 19.1. The number of aliphatic hydroxyl groups is 1. The van der Waals surface area contributed by atoms with Crippen LogP contribution in [0.5, 0.6) is 11.5 Å². The lowest BCUT2D eigenvalue weighted by atomic mass is 10.1. The van der Waals surface area contributed by atoms with Gasteiger partial charge < -0.3 is 24.0 Å². The van der Waals surface area contributed by atoms with Gasteiger partial charge >= 0.3 is 0 Å². The van der Waals surface area contributed by atoms with Gasteiger partial charge in [0.1, 0.15) is 17.4 Å². The summed E-state index contributed by atoms with van der Waals surface area (Å²) in [5.41, 5.74) is 4.58. The number of nitrogens with zero attached hydrogens (tertiary/aromatic N) is 3. The highest BCUT2D eigenvalue weighted by molar-refractivity contribution is 6.23. The van der Waals surface area contributed by atoms with Crippen molar-refractivity contribution in [3.63, 3.8) is 0 Å². The Morgan fingerprint density at radius 3 is 2.56 bits per heavy atom. The predicted octanol–water partition coefficient (Wildman–Crippen LogP) is 4.48. The van der Waals surface area contributed by atoms with Gasteiger partial charge in [0.05, 0.1) is 36.4 Å². The molecule has 2 aromatic carbocycles. The van der Waals surface area contributed by atoms with E-state index >= 15 is 0 Å². The highest BCUT2D eigenvalue weighted by Gasteiger charge is 2.31. The third-order valence-electron chi connectivity index (χ3n) is 5.72. The van der Waals surface area contributed by atoms with Crippen molar-refractivity contribution in [2.24, 2.45) is 7.05 Å². The van der Waals surface area contributed by atoms with E-state index in [0.29, 0.717) is 43.5 Å². The second kappa shape index (κ2) is 8.94. The van der Waals surface area contributed by atoms with E-state index in [0.717, 1.165) is 40.1 Å². The number of hydrogen-bond donors (Lipinski definition) is 2. The van der Waals surface area contributed by atoms with Crippen molar-refractivity contribution in [2.75, 3.05) is 26.3 Å². The number of hydrogen-bond acceptors (Lipinski definition) is 5. The Hall–Kier alpha value is -3.48. The Balaban J connectivity index is 1.51. The molecule has 3 aromatic rings. The molecule has 0 saturated heterocycles. The number of fused-ring (bicyclic) bond motifs is 1. The molecule has 1 aliphatic heterocycles. The second-order valence-electron chi connectivity index (χ2n) is 7.98. The van der Waals surface area contributed by atoms with E-state index in [4.69, 9.17) is 19.9 Å². The first-order valence-corrected chi connectivity index (χ1v) is 11.0. The van der Waals surface area contributed by atoms with Gasteiger partial charge in [0, 0.05) is 13.6 Å². The van der Waals surface area contributed by atoms with Gasteiger partial charge in [0.25, 0.3) is 0 Å². The minimum atomic E-state index is 0.187. The van der Waals surface area contributed by atoms with Crippen LogP contribution in [0.4, 0.5) is 0 Å². The maximum absolute atomic E-state index is 10.7. The zero-order valence-corrected chi connectivity index (χ0v) is 19.1. The minimum Gasteiger partial charge on any atom is -0.510 e. The first-order chi connectivity index (χ1) is 15.4. The molecule has 0 saturated carbocycles. The smallest absolute Gasteiger partial charge is 0.161 e. The zero-order chi connectivity index (χ0) is 22.8. The Morgan fingerprint density at radius 2 is 1.81 bits per heavy atom. The van der Waals surface area contributed by atoms with Crippen LogP contribution in [-0.2, 0) is 13.5 Å². The summed E-state index contributed by atoms with van der Waals surface area (Å²) in [5.74, 6) is 2.58. The average Bonchev–Trinajstić information content (AvgIpc) is 3.23. The molecule has 1 aliphatic rings. The van der Waals surface area contributed by atoms with Gasteiger partial charge in [-0.3, -0.25) is 5.41 Å². The van der Waals surface area contributed by atoms with Crippen molar-refractivity contribution in [1.29, 1.82) is 5.41 Å². The van der Waals surface area contributed by atoms with E-state index in [2.05, 4.69) is 0 Å².